The van der Waals surface area contributed by atoms with Crippen LogP contribution in [0.15, 0.2) is 29.4 Å². The third-order valence-corrected chi connectivity index (χ3v) is 2.43. The summed E-state index contributed by atoms with van der Waals surface area (Å²) in [6, 6.07) is 7.66. The molecule has 0 saturated carbocycles. The quantitative estimate of drug-likeness (QED) is 0.696. The molecular weight excluding hydrogens is 198 g/mol. The predicted molar refractivity (Wildman–Crippen MR) is 57.8 cm³/mol. The maximum atomic E-state index is 5.80. The van der Waals surface area contributed by atoms with Gasteiger partial charge in [-0.25, -0.2) is 0 Å². The molecular formula is C11H12ClNO. The molecule has 0 bridgehead atoms. The third kappa shape index (κ3) is 1.90. The molecule has 0 aromatic heterocycles. The van der Waals surface area contributed by atoms with Gasteiger partial charge in [0.15, 0.2) is 0 Å². The number of hydrogen-bond donors (Lipinski definition) is 0. The smallest absolute Gasteiger partial charge is 0.137 e. The number of rotatable bonds is 1. The second kappa shape index (κ2) is 3.28. The Hall–Kier alpha value is -1.02. The topological polar surface area (TPSA) is 21.6 Å². The van der Waals surface area contributed by atoms with Crippen molar-refractivity contribution in [1.29, 1.82) is 0 Å². The monoisotopic (exact) mass is 209 g/mol. The minimum absolute atomic E-state index is 0.172. The van der Waals surface area contributed by atoms with Crippen LogP contribution in [0.4, 0.5) is 0 Å². The van der Waals surface area contributed by atoms with E-state index in [0.29, 0.717) is 0 Å². The first-order valence-electron chi connectivity index (χ1n) is 4.58. The van der Waals surface area contributed by atoms with Crippen LogP contribution in [0.2, 0.25) is 5.02 Å². The van der Waals surface area contributed by atoms with Gasteiger partial charge < -0.3 is 4.84 Å². The lowest BCUT2D eigenvalue weighted by Crippen LogP contribution is -2.19. The fourth-order valence-electron chi connectivity index (χ4n) is 1.44. The molecule has 2 nitrogen and oxygen atoms in total. The Kier molecular flexibility index (Phi) is 2.23. The van der Waals surface area contributed by atoms with E-state index in [1.165, 1.54) is 0 Å². The van der Waals surface area contributed by atoms with Crippen molar-refractivity contribution in [3.05, 3.63) is 34.9 Å². The van der Waals surface area contributed by atoms with Crippen molar-refractivity contribution < 1.29 is 4.84 Å². The van der Waals surface area contributed by atoms with E-state index in [1.54, 1.807) is 0 Å². The Balaban J connectivity index is 2.22. The second-order valence-electron chi connectivity index (χ2n) is 4.07. The van der Waals surface area contributed by atoms with E-state index in [1.807, 2.05) is 38.1 Å². The first kappa shape index (κ1) is 9.53. The van der Waals surface area contributed by atoms with Gasteiger partial charge in [-0.1, -0.05) is 28.9 Å². The summed E-state index contributed by atoms with van der Waals surface area (Å²) in [6.07, 6.45) is 0.842. The SMILES string of the molecule is CC1(C)CC(c2ccc(Cl)cc2)=NO1. The Morgan fingerprint density at radius 1 is 1.29 bits per heavy atom. The van der Waals surface area contributed by atoms with Gasteiger partial charge in [0.1, 0.15) is 5.60 Å². The molecule has 0 unspecified atom stereocenters. The lowest BCUT2D eigenvalue weighted by molar-refractivity contribution is 0.0123. The average Bonchev–Trinajstić information content (AvgIpc) is 2.47. The summed E-state index contributed by atoms with van der Waals surface area (Å²) < 4.78 is 0. The van der Waals surface area contributed by atoms with Crippen LogP contribution in [0.3, 0.4) is 0 Å². The Labute approximate surface area is 88.5 Å². The van der Waals surface area contributed by atoms with E-state index in [2.05, 4.69) is 5.16 Å². The number of benzene rings is 1. The van der Waals surface area contributed by atoms with Crippen LogP contribution in [0.25, 0.3) is 0 Å². The van der Waals surface area contributed by atoms with Gasteiger partial charge in [0.2, 0.25) is 0 Å². The van der Waals surface area contributed by atoms with Gasteiger partial charge in [-0.2, -0.15) is 0 Å². The molecule has 1 heterocycles. The molecule has 0 fully saturated rings. The predicted octanol–water partition coefficient (Wildman–Crippen LogP) is 3.24. The van der Waals surface area contributed by atoms with Gasteiger partial charge in [-0.05, 0) is 31.5 Å². The summed E-state index contributed by atoms with van der Waals surface area (Å²) in [5.41, 5.74) is 1.90. The Bertz CT molecular complexity index is 367. The van der Waals surface area contributed by atoms with E-state index >= 15 is 0 Å². The van der Waals surface area contributed by atoms with Crippen molar-refractivity contribution >= 4 is 17.3 Å². The van der Waals surface area contributed by atoms with Crippen molar-refractivity contribution in [1.82, 2.24) is 0 Å². The standard InChI is InChI=1S/C11H12ClNO/c1-11(2)7-10(13-14-11)8-3-5-9(12)6-4-8/h3-6H,7H2,1-2H3. The molecule has 3 heteroatoms. The third-order valence-electron chi connectivity index (χ3n) is 2.17. The van der Waals surface area contributed by atoms with Gasteiger partial charge in [0, 0.05) is 11.4 Å². The molecule has 0 radical (unpaired) electrons. The summed E-state index contributed by atoms with van der Waals surface area (Å²) in [5, 5.41) is 4.81. The largest absolute Gasteiger partial charge is 0.389 e. The average molecular weight is 210 g/mol. The molecule has 0 aliphatic carbocycles. The van der Waals surface area contributed by atoms with Gasteiger partial charge >= 0.3 is 0 Å². The lowest BCUT2D eigenvalue weighted by Gasteiger charge is -2.13. The molecule has 1 aliphatic heterocycles. The fraction of sp³-hybridized carbons (Fsp3) is 0.364. The van der Waals surface area contributed by atoms with E-state index in [0.717, 1.165) is 22.7 Å². The van der Waals surface area contributed by atoms with Crippen LogP contribution in [-0.2, 0) is 4.84 Å². The summed E-state index contributed by atoms with van der Waals surface area (Å²) in [4.78, 5) is 5.29. The van der Waals surface area contributed by atoms with Crippen molar-refractivity contribution in [2.24, 2.45) is 5.16 Å². The maximum absolute atomic E-state index is 5.80. The van der Waals surface area contributed by atoms with Gasteiger partial charge in [-0.3, -0.25) is 0 Å². The highest BCUT2D eigenvalue weighted by atomic mass is 35.5. The van der Waals surface area contributed by atoms with Gasteiger partial charge in [0.05, 0.1) is 5.71 Å². The molecule has 2 rings (SSSR count). The molecule has 0 saturated heterocycles. The zero-order chi connectivity index (χ0) is 10.2. The highest BCUT2D eigenvalue weighted by Gasteiger charge is 2.29. The van der Waals surface area contributed by atoms with E-state index < -0.39 is 0 Å². The molecule has 1 aromatic carbocycles. The summed E-state index contributed by atoms with van der Waals surface area (Å²) in [5.74, 6) is 0. The van der Waals surface area contributed by atoms with Crippen LogP contribution in [0.1, 0.15) is 25.8 Å². The zero-order valence-electron chi connectivity index (χ0n) is 8.25. The minimum Gasteiger partial charge on any atom is -0.389 e. The van der Waals surface area contributed by atoms with E-state index in [9.17, 15) is 0 Å². The molecule has 0 amide bonds. The summed E-state index contributed by atoms with van der Waals surface area (Å²) in [6.45, 7) is 4.05. The van der Waals surface area contributed by atoms with Crippen molar-refractivity contribution in [2.75, 3.05) is 0 Å². The van der Waals surface area contributed by atoms with Crippen LogP contribution >= 0.6 is 11.6 Å². The maximum Gasteiger partial charge on any atom is 0.137 e. The highest BCUT2D eigenvalue weighted by molar-refractivity contribution is 6.30. The van der Waals surface area contributed by atoms with Crippen LogP contribution in [0.5, 0.6) is 0 Å². The van der Waals surface area contributed by atoms with E-state index in [-0.39, 0.29) is 5.60 Å². The number of hydrogen-bond acceptors (Lipinski definition) is 2. The zero-order valence-corrected chi connectivity index (χ0v) is 9.01. The fourth-order valence-corrected chi connectivity index (χ4v) is 1.57. The minimum atomic E-state index is -0.172. The molecule has 14 heavy (non-hydrogen) atoms. The van der Waals surface area contributed by atoms with Crippen LogP contribution < -0.4 is 0 Å². The van der Waals surface area contributed by atoms with Crippen LogP contribution in [-0.4, -0.2) is 11.3 Å². The van der Waals surface area contributed by atoms with Crippen molar-refractivity contribution in [3.63, 3.8) is 0 Å². The molecule has 1 aliphatic rings. The summed E-state index contributed by atoms with van der Waals surface area (Å²) >= 11 is 5.80. The molecule has 0 N–H and O–H groups in total. The normalized spacial score (nSPS) is 18.9. The number of nitrogens with zero attached hydrogens (tertiary/aromatic N) is 1. The summed E-state index contributed by atoms with van der Waals surface area (Å²) in [7, 11) is 0. The Morgan fingerprint density at radius 3 is 2.43 bits per heavy atom. The molecule has 0 spiro atoms. The highest BCUT2D eigenvalue weighted by Crippen LogP contribution is 2.25. The second-order valence-corrected chi connectivity index (χ2v) is 4.51. The lowest BCUT2D eigenvalue weighted by atomic mass is 9.98. The van der Waals surface area contributed by atoms with E-state index in [4.69, 9.17) is 16.4 Å². The molecule has 0 atom stereocenters. The van der Waals surface area contributed by atoms with Gasteiger partial charge in [-0.15, -0.1) is 0 Å². The first-order valence-corrected chi connectivity index (χ1v) is 4.96. The molecule has 1 aromatic rings. The first-order chi connectivity index (χ1) is 6.57. The van der Waals surface area contributed by atoms with Crippen molar-refractivity contribution in [3.8, 4) is 0 Å². The van der Waals surface area contributed by atoms with Crippen molar-refractivity contribution in [2.45, 2.75) is 25.9 Å². The number of halogens is 1. The number of oxime groups is 1. The van der Waals surface area contributed by atoms with Crippen LogP contribution in [0, 0.1) is 0 Å². The van der Waals surface area contributed by atoms with Gasteiger partial charge in [0.25, 0.3) is 0 Å². The molecule has 74 valence electrons. The Morgan fingerprint density at radius 2 is 1.93 bits per heavy atom.